The first-order chi connectivity index (χ1) is 14.7. The summed E-state index contributed by atoms with van der Waals surface area (Å²) >= 11 is 0. The Morgan fingerprint density at radius 2 is 1.87 bits per heavy atom. The summed E-state index contributed by atoms with van der Waals surface area (Å²) in [5.41, 5.74) is 2.23. The minimum atomic E-state index is -0.342. The lowest BCUT2D eigenvalue weighted by Gasteiger charge is -2.20. The number of hydrogen-bond acceptors (Lipinski definition) is 6. The maximum atomic E-state index is 12.9. The summed E-state index contributed by atoms with van der Waals surface area (Å²) in [4.78, 5) is 23.7. The Morgan fingerprint density at radius 3 is 2.50 bits per heavy atom. The van der Waals surface area contributed by atoms with Gasteiger partial charge < -0.3 is 13.9 Å². The number of aldehydes is 1. The van der Waals surface area contributed by atoms with Crippen LogP contribution < -0.4 is 9.47 Å². The van der Waals surface area contributed by atoms with Crippen molar-refractivity contribution >= 4 is 17.9 Å². The summed E-state index contributed by atoms with van der Waals surface area (Å²) in [5, 5.41) is 5.98. The molecular formula is C23H20N2O5. The SMILES string of the molecule is COc1ccc(C2=NN(C(=O)COc3ccc(C=O)cc3)C(c3ccco3)C2)cc1. The number of methoxy groups -OCH3 is 1. The lowest BCUT2D eigenvalue weighted by Crippen LogP contribution is -2.31. The van der Waals surface area contributed by atoms with Crippen LogP contribution in [0, 0.1) is 0 Å². The van der Waals surface area contributed by atoms with Gasteiger partial charge in [0.2, 0.25) is 0 Å². The topological polar surface area (TPSA) is 81.3 Å². The zero-order chi connectivity index (χ0) is 20.9. The van der Waals surface area contributed by atoms with Gasteiger partial charge in [0.25, 0.3) is 5.91 Å². The predicted octanol–water partition coefficient (Wildman–Crippen LogP) is 3.86. The molecule has 3 aromatic rings. The van der Waals surface area contributed by atoms with E-state index >= 15 is 0 Å². The van der Waals surface area contributed by atoms with Gasteiger partial charge in [-0.2, -0.15) is 5.10 Å². The first-order valence-electron chi connectivity index (χ1n) is 9.43. The van der Waals surface area contributed by atoms with E-state index in [1.165, 1.54) is 5.01 Å². The van der Waals surface area contributed by atoms with Gasteiger partial charge in [-0.25, -0.2) is 5.01 Å². The summed E-state index contributed by atoms with van der Waals surface area (Å²) in [6.07, 6.45) is 2.86. The molecular weight excluding hydrogens is 384 g/mol. The minimum absolute atomic E-state index is 0.183. The quantitative estimate of drug-likeness (QED) is 0.559. The third-order valence-corrected chi connectivity index (χ3v) is 4.84. The molecule has 1 aliphatic heterocycles. The molecule has 1 unspecified atom stereocenters. The van der Waals surface area contributed by atoms with Gasteiger partial charge in [-0.15, -0.1) is 0 Å². The molecule has 0 saturated carbocycles. The number of carbonyl (C=O) groups is 2. The summed E-state index contributed by atoms with van der Waals surface area (Å²) < 4.78 is 16.3. The van der Waals surface area contributed by atoms with Crippen LogP contribution in [0.2, 0.25) is 0 Å². The Labute approximate surface area is 173 Å². The fourth-order valence-corrected chi connectivity index (χ4v) is 3.25. The van der Waals surface area contributed by atoms with E-state index in [4.69, 9.17) is 13.9 Å². The average Bonchev–Trinajstić information content (AvgIpc) is 3.48. The molecule has 0 bridgehead atoms. The van der Waals surface area contributed by atoms with E-state index in [2.05, 4.69) is 5.10 Å². The number of ether oxygens (including phenoxy) is 2. The number of amides is 1. The van der Waals surface area contributed by atoms with E-state index in [-0.39, 0.29) is 18.6 Å². The van der Waals surface area contributed by atoms with Crippen molar-refractivity contribution in [1.29, 1.82) is 0 Å². The van der Waals surface area contributed by atoms with Crippen LogP contribution in [-0.2, 0) is 4.79 Å². The van der Waals surface area contributed by atoms with Gasteiger partial charge in [0.05, 0.1) is 19.1 Å². The minimum Gasteiger partial charge on any atom is -0.497 e. The van der Waals surface area contributed by atoms with E-state index in [1.807, 2.05) is 30.3 Å². The van der Waals surface area contributed by atoms with E-state index in [1.54, 1.807) is 43.7 Å². The normalized spacial score (nSPS) is 15.6. The van der Waals surface area contributed by atoms with Crippen LogP contribution in [0.3, 0.4) is 0 Å². The molecule has 2 aromatic carbocycles. The Kier molecular flexibility index (Phi) is 5.61. The number of hydrogen-bond donors (Lipinski definition) is 0. The fraction of sp³-hybridized carbons (Fsp3) is 0.174. The molecule has 7 nitrogen and oxygen atoms in total. The molecule has 0 radical (unpaired) electrons. The smallest absolute Gasteiger partial charge is 0.281 e. The molecule has 7 heteroatoms. The number of furan rings is 1. The molecule has 4 rings (SSSR count). The zero-order valence-electron chi connectivity index (χ0n) is 16.4. The van der Waals surface area contributed by atoms with Crippen molar-refractivity contribution in [2.45, 2.75) is 12.5 Å². The molecule has 1 amide bonds. The second-order valence-corrected chi connectivity index (χ2v) is 6.72. The molecule has 0 N–H and O–H groups in total. The van der Waals surface area contributed by atoms with E-state index in [0.717, 1.165) is 23.3 Å². The Hall–Kier alpha value is -3.87. The third kappa shape index (κ3) is 4.10. The molecule has 30 heavy (non-hydrogen) atoms. The molecule has 152 valence electrons. The standard InChI is InChI=1S/C23H20N2O5/c1-28-18-10-6-17(7-11-18)20-13-21(22-3-2-12-29-22)25(24-20)23(27)15-30-19-8-4-16(14-26)5-9-19/h2-12,14,21H,13,15H2,1H3. The van der Waals surface area contributed by atoms with Crippen molar-refractivity contribution in [3.63, 3.8) is 0 Å². The monoisotopic (exact) mass is 404 g/mol. The summed E-state index contributed by atoms with van der Waals surface area (Å²) in [6, 6.07) is 17.4. The van der Waals surface area contributed by atoms with Crippen molar-refractivity contribution in [1.82, 2.24) is 5.01 Å². The van der Waals surface area contributed by atoms with Gasteiger partial charge in [-0.1, -0.05) is 0 Å². The first kappa shape index (κ1) is 19.4. The van der Waals surface area contributed by atoms with Gasteiger partial charge in [0.1, 0.15) is 29.6 Å². The highest BCUT2D eigenvalue weighted by Crippen LogP contribution is 2.33. The molecule has 1 aliphatic rings. The number of rotatable bonds is 7. The van der Waals surface area contributed by atoms with E-state index in [0.29, 0.717) is 23.5 Å². The third-order valence-electron chi connectivity index (χ3n) is 4.84. The van der Waals surface area contributed by atoms with Gasteiger partial charge in [-0.05, 0) is 66.2 Å². The van der Waals surface area contributed by atoms with Crippen LogP contribution in [0.25, 0.3) is 0 Å². The number of carbonyl (C=O) groups excluding carboxylic acids is 2. The van der Waals surface area contributed by atoms with Crippen molar-refractivity contribution < 1.29 is 23.5 Å². The largest absolute Gasteiger partial charge is 0.497 e. The summed E-state index contributed by atoms with van der Waals surface area (Å²) in [5.74, 6) is 1.62. The van der Waals surface area contributed by atoms with Crippen LogP contribution in [0.5, 0.6) is 11.5 Å². The second kappa shape index (κ2) is 8.65. The van der Waals surface area contributed by atoms with Crippen LogP contribution >= 0.6 is 0 Å². The van der Waals surface area contributed by atoms with Gasteiger partial charge >= 0.3 is 0 Å². The van der Waals surface area contributed by atoms with Gasteiger partial charge in [-0.3, -0.25) is 9.59 Å². The molecule has 1 aromatic heterocycles. The highest BCUT2D eigenvalue weighted by Gasteiger charge is 2.35. The molecule has 1 atom stereocenters. The highest BCUT2D eigenvalue weighted by atomic mass is 16.5. The van der Waals surface area contributed by atoms with Crippen LogP contribution in [-0.4, -0.2) is 36.6 Å². The molecule has 0 spiro atoms. The van der Waals surface area contributed by atoms with Crippen LogP contribution in [0.15, 0.2) is 76.4 Å². The number of benzene rings is 2. The highest BCUT2D eigenvalue weighted by molar-refractivity contribution is 6.03. The number of nitrogens with zero attached hydrogens (tertiary/aromatic N) is 2. The summed E-state index contributed by atoms with van der Waals surface area (Å²) in [7, 11) is 1.61. The predicted molar refractivity (Wildman–Crippen MR) is 110 cm³/mol. The van der Waals surface area contributed by atoms with E-state index in [9.17, 15) is 9.59 Å². The molecule has 0 aliphatic carbocycles. The maximum Gasteiger partial charge on any atom is 0.281 e. The Morgan fingerprint density at radius 1 is 1.13 bits per heavy atom. The van der Waals surface area contributed by atoms with Gasteiger partial charge in [0, 0.05) is 12.0 Å². The van der Waals surface area contributed by atoms with Crippen molar-refractivity contribution in [3.8, 4) is 11.5 Å². The lowest BCUT2D eigenvalue weighted by atomic mass is 10.0. The van der Waals surface area contributed by atoms with Crippen molar-refractivity contribution in [2.75, 3.05) is 13.7 Å². The van der Waals surface area contributed by atoms with Crippen molar-refractivity contribution in [2.24, 2.45) is 5.10 Å². The average molecular weight is 404 g/mol. The van der Waals surface area contributed by atoms with Crippen molar-refractivity contribution in [3.05, 3.63) is 83.8 Å². The molecule has 0 saturated heterocycles. The second-order valence-electron chi connectivity index (χ2n) is 6.72. The Bertz CT molecular complexity index is 1040. The van der Waals surface area contributed by atoms with Gasteiger partial charge in [0.15, 0.2) is 6.61 Å². The zero-order valence-corrected chi connectivity index (χ0v) is 16.4. The lowest BCUT2D eigenvalue weighted by molar-refractivity contribution is -0.135. The fourth-order valence-electron chi connectivity index (χ4n) is 3.25. The van der Waals surface area contributed by atoms with Crippen LogP contribution in [0.4, 0.5) is 0 Å². The first-order valence-corrected chi connectivity index (χ1v) is 9.43. The number of hydrazone groups is 1. The Balaban J connectivity index is 1.52. The van der Waals surface area contributed by atoms with E-state index < -0.39 is 0 Å². The van der Waals surface area contributed by atoms with Crippen LogP contribution in [0.1, 0.15) is 34.1 Å². The molecule has 2 heterocycles. The maximum absolute atomic E-state index is 12.9. The summed E-state index contributed by atoms with van der Waals surface area (Å²) in [6.45, 7) is -0.183. The molecule has 0 fully saturated rings.